The first-order chi connectivity index (χ1) is 16.4. The van der Waals surface area contributed by atoms with Gasteiger partial charge in [-0.3, -0.25) is 0 Å². The summed E-state index contributed by atoms with van der Waals surface area (Å²) in [4.78, 5) is 22.1. The maximum atomic E-state index is 12.8. The second-order valence-corrected chi connectivity index (χ2v) is 11.3. The number of sulfonamides is 1. The van der Waals surface area contributed by atoms with Crippen molar-refractivity contribution in [3.8, 4) is 5.75 Å². The van der Waals surface area contributed by atoms with Gasteiger partial charge in [0.1, 0.15) is 5.75 Å². The number of rotatable bonds is 5. The predicted octanol–water partition coefficient (Wildman–Crippen LogP) is 2.29. The van der Waals surface area contributed by atoms with Crippen molar-refractivity contribution >= 4 is 42.7 Å². The summed E-state index contributed by atoms with van der Waals surface area (Å²) in [6, 6.07) is 11.2. The average Bonchev–Trinajstić information content (AvgIpc) is 3.28. The number of fused-ring (bicyclic) bond motifs is 1. The Morgan fingerprint density at radius 1 is 1.00 bits per heavy atom. The minimum Gasteiger partial charge on any atom is -0.423 e. The monoisotopic (exact) mass is 502 g/mol. The van der Waals surface area contributed by atoms with E-state index in [1.54, 1.807) is 17.4 Å². The van der Waals surface area contributed by atoms with E-state index in [0.717, 1.165) is 41.5 Å². The molecule has 2 fully saturated rings. The zero-order valence-electron chi connectivity index (χ0n) is 18.8. The topological polar surface area (TPSA) is 92.3 Å². The summed E-state index contributed by atoms with van der Waals surface area (Å²) in [5.74, 6) is -0.116. The lowest BCUT2D eigenvalue weighted by atomic mass is 10.2. The van der Waals surface area contributed by atoms with Crippen LogP contribution in [0.2, 0.25) is 0 Å². The number of morpholine rings is 1. The summed E-state index contributed by atoms with van der Waals surface area (Å²) < 4.78 is 38.7. The second kappa shape index (κ2) is 9.59. The van der Waals surface area contributed by atoms with Gasteiger partial charge in [0.05, 0.1) is 33.9 Å². The van der Waals surface area contributed by atoms with E-state index in [0.29, 0.717) is 32.1 Å². The Morgan fingerprint density at radius 2 is 1.71 bits per heavy atom. The average molecular weight is 503 g/mol. The summed E-state index contributed by atoms with van der Waals surface area (Å²) in [5.41, 5.74) is 1.15. The van der Waals surface area contributed by atoms with Crippen LogP contribution in [-0.4, -0.2) is 88.1 Å². The van der Waals surface area contributed by atoms with Crippen LogP contribution in [0.1, 0.15) is 10.4 Å². The van der Waals surface area contributed by atoms with E-state index in [9.17, 15) is 13.2 Å². The quantitative estimate of drug-likeness (QED) is 0.388. The van der Waals surface area contributed by atoms with Crippen LogP contribution in [0, 0.1) is 0 Å². The van der Waals surface area contributed by atoms with Gasteiger partial charge in [0.2, 0.25) is 10.0 Å². The SMILES string of the molecule is CN1CCN(c2nc3ccc(OC(=O)c4ccc(S(=O)(=O)N5CCOCC5)cc4)cc3s2)CC1. The lowest BCUT2D eigenvalue weighted by Gasteiger charge is -2.31. The molecule has 9 nitrogen and oxygen atoms in total. The highest BCUT2D eigenvalue weighted by Gasteiger charge is 2.26. The molecule has 0 saturated carbocycles. The molecule has 2 aromatic carbocycles. The maximum absolute atomic E-state index is 12.8. The van der Waals surface area contributed by atoms with Gasteiger partial charge < -0.3 is 19.3 Å². The number of thiazole rings is 1. The number of ether oxygens (including phenoxy) is 2. The van der Waals surface area contributed by atoms with Crippen LogP contribution in [0.15, 0.2) is 47.4 Å². The third-order valence-electron chi connectivity index (χ3n) is 6.03. The highest BCUT2D eigenvalue weighted by atomic mass is 32.2. The Bertz CT molecular complexity index is 1280. The Morgan fingerprint density at radius 3 is 2.41 bits per heavy atom. The molecular weight excluding hydrogens is 476 g/mol. The van der Waals surface area contributed by atoms with E-state index >= 15 is 0 Å². The molecule has 0 atom stereocenters. The number of carbonyl (C=O) groups is 1. The maximum Gasteiger partial charge on any atom is 0.343 e. The highest BCUT2D eigenvalue weighted by molar-refractivity contribution is 7.89. The Kier molecular flexibility index (Phi) is 6.54. The van der Waals surface area contributed by atoms with Gasteiger partial charge in [0, 0.05) is 45.3 Å². The number of nitrogens with zero attached hydrogens (tertiary/aromatic N) is 4. The van der Waals surface area contributed by atoms with Crippen molar-refractivity contribution in [2.45, 2.75) is 4.90 Å². The number of hydrogen-bond acceptors (Lipinski definition) is 9. The molecule has 180 valence electrons. The van der Waals surface area contributed by atoms with E-state index in [-0.39, 0.29) is 10.5 Å². The van der Waals surface area contributed by atoms with Crippen molar-refractivity contribution in [1.82, 2.24) is 14.2 Å². The number of esters is 1. The van der Waals surface area contributed by atoms with Crippen LogP contribution in [0.5, 0.6) is 5.75 Å². The molecule has 0 bridgehead atoms. The largest absolute Gasteiger partial charge is 0.423 e. The smallest absolute Gasteiger partial charge is 0.343 e. The first-order valence-corrected chi connectivity index (χ1v) is 13.4. The Balaban J connectivity index is 1.27. The fourth-order valence-electron chi connectivity index (χ4n) is 3.95. The molecule has 0 spiro atoms. The molecule has 0 radical (unpaired) electrons. The van der Waals surface area contributed by atoms with Gasteiger partial charge in [-0.05, 0) is 43.4 Å². The van der Waals surface area contributed by atoms with Gasteiger partial charge in [-0.25, -0.2) is 18.2 Å². The third-order valence-corrected chi connectivity index (χ3v) is 9.02. The summed E-state index contributed by atoms with van der Waals surface area (Å²) in [5, 5.41) is 0.976. The minimum absolute atomic E-state index is 0.147. The van der Waals surface area contributed by atoms with Crippen LogP contribution in [-0.2, 0) is 14.8 Å². The van der Waals surface area contributed by atoms with Gasteiger partial charge in [0.25, 0.3) is 0 Å². The third kappa shape index (κ3) is 4.80. The first kappa shape index (κ1) is 23.2. The summed E-state index contributed by atoms with van der Waals surface area (Å²) in [6.07, 6.45) is 0. The van der Waals surface area contributed by atoms with Crippen LogP contribution < -0.4 is 9.64 Å². The van der Waals surface area contributed by atoms with Crippen molar-refractivity contribution in [1.29, 1.82) is 0 Å². The van der Waals surface area contributed by atoms with Gasteiger partial charge in [0.15, 0.2) is 5.13 Å². The number of hydrogen-bond donors (Lipinski definition) is 0. The van der Waals surface area contributed by atoms with Crippen LogP contribution in [0.3, 0.4) is 0 Å². The van der Waals surface area contributed by atoms with Crippen molar-refractivity contribution in [3.05, 3.63) is 48.0 Å². The lowest BCUT2D eigenvalue weighted by molar-refractivity contribution is 0.0730. The second-order valence-electron chi connectivity index (χ2n) is 8.35. The number of likely N-dealkylation sites (N-methyl/N-ethyl adjacent to an activating group) is 1. The standard InChI is InChI=1S/C23H26N4O5S2/c1-25-8-10-26(11-9-25)23-24-20-7-4-18(16-21(20)33-23)32-22(28)17-2-5-19(6-3-17)34(29,30)27-12-14-31-15-13-27/h2-7,16H,8-15H2,1H3. The Labute approximate surface area is 202 Å². The van der Waals surface area contributed by atoms with Gasteiger partial charge >= 0.3 is 5.97 Å². The zero-order valence-corrected chi connectivity index (χ0v) is 20.5. The number of anilines is 1. The lowest BCUT2D eigenvalue weighted by Crippen LogP contribution is -2.44. The molecule has 34 heavy (non-hydrogen) atoms. The Hall–Kier alpha value is -2.57. The van der Waals surface area contributed by atoms with E-state index in [1.165, 1.54) is 28.6 Å². The van der Waals surface area contributed by atoms with Crippen molar-refractivity contribution in [3.63, 3.8) is 0 Å². The van der Waals surface area contributed by atoms with Crippen molar-refractivity contribution in [2.24, 2.45) is 0 Å². The minimum atomic E-state index is -3.61. The van der Waals surface area contributed by atoms with Crippen LogP contribution in [0.4, 0.5) is 5.13 Å². The molecule has 2 saturated heterocycles. The predicted molar refractivity (Wildman–Crippen MR) is 130 cm³/mol. The number of piperazine rings is 1. The highest BCUT2D eigenvalue weighted by Crippen LogP contribution is 2.32. The molecule has 0 amide bonds. The van der Waals surface area contributed by atoms with E-state index in [4.69, 9.17) is 14.5 Å². The molecule has 5 rings (SSSR count). The molecule has 1 aromatic heterocycles. The number of aromatic nitrogens is 1. The molecule has 2 aliphatic rings. The summed E-state index contributed by atoms with van der Waals surface area (Å²) in [6.45, 7) is 5.29. The van der Waals surface area contributed by atoms with Gasteiger partial charge in [-0.2, -0.15) is 4.31 Å². The van der Waals surface area contributed by atoms with E-state index in [2.05, 4.69) is 16.8 Å². The number of benzene rings is 2. The van der Waals surface area contributed by atoms with Crippen molar-refractivity contribution < 1.29 is 22.7 Å². The molecule has 2 aliphatic heterocycles. The molecule has 3 aromatic rings. The molecule has 0 unspecified atom stereocenters. The first-order valence-electron chi connectivity index (χ1n) is 11.1. The van der Waals surface area contributed by atoms with Crippen LogP contribution in [0.25, 0.3) is 10.2 Å². The van der Waals surface area contributed by atoms with Gasteiger partial charge in [-0.15, -0.1) is 0 Å². The molecular formula is C23H26N4O5S2. The summed E-state index contributed by atoms with van der Waals surface area (Å²) >= 11 is 1.59. The molecule has 0 aliphatic carbocycles. The van der Waals surface area contributed by atoms with Crippen LogP contribution >= 0.6 is 11.3 Å². The molecule has 3 heterocycles. The van der Waals surface area contributed by atoms with Crippen molar-refractivity contribution in [2.75, 3.05) is 64.4 Å². The molecule has 0 N–H and O–H groups in total. The van der Waals surface area contributed by atoms with E-state index < -0.39 is 16.0 Å². The molecule has 11 heteroatoms. The number of carbonyl (C=O) groups excluding carboxylic acids is 1. The van der Waals surface area contributed by atoms with E-state index in [1.807, 2.05) is 12.1 Å². The zero-order chi connectivity index (χ0) is 23.7. The normalized spacial score (nSPS) is 18.3. The fourth-order valence-corrected chi connectivity index (χ4v) is 6.41. The van der Waals surface area contributed by atoms with Gasteiger partial charge in [-0.1, -0.05) is 11.3 Å². The summed E-state index contributed by atoms with van der Waals surface area (Å²) in [7, 11) is -1.49. The fraction of sp³-hybridized carbons (Fsp3) is 0.391.